The molecule has 2 aromatic rings. The van der Waals surface area contributed by atoms with Crippen LogP contribution in [-0.4, -0.2) is 46.6 Å². The molecule has 1 aromatic carbocycles. The fourth-order valence-corrected chi connectivity index (χ4v) is 3.05. The van der Waals surface area contributed by atoms with Gasteiger partial charge >= 0.3 is 6.03 Å². The molecule has 1 atom stereocenters. The predicted molar refractivity (Wildman–Crippen MR) is 86.7 cm³/mol. The number of aromatic nitrogens is 2. The van der Waals surface area contributed by atoms with Gasteiger partial charge < -0.3 is 14.3 Å². The van der Waals surface area contributed by atoms with Crippen LogP contribution in [0.2, 0.25) is 0 Å². The van der Waals surface area contributed by atoms with Crippen LogP contribution in [0.15, 0.2) is 28.8 Å². The van der Waals surface area contributed by atoms with E-state index >= 15 is 0 Å². The van der Waals surface area contributed by atoms with Gasteiger partial charge in [-0.15, -0.1) is 0 Å². The molecular weight excluding hydrogens is 311 g/mol. The molecule has 1 fully saturated rings. The molecule has 1 saturated heterocycles. The molecule has 3 rings (SSSR count). The molecule has 1 aliphatic rings. The van der Waals surface area contributed by atoms with Crippen molar-refractivity contribution in [1.29, 1.82) is 0 Å². The molecule has 0 radical (unpaired) electrons. The average molecular weight is 332 g/mol. The van der Waals surface area contributed by atoms with Crippen LogP contribution in [0.25, 0.3) is 11.5 Å². The summed E-state index contributed by atoms with van der Waals surface area (Å²) in [5.74, 6) is 0.492. The topological polar surface area (TPSA) is 62.5 Å². The van der Waals surface area contributed by atoms with Gasteiger partial charge in [-0.2, -0.15) is 4.98 Å². The second kappa shape index (κ2) is 6.22. The molecule has 2 heterocycles. The maximum atomic E-state index is 13.1. The van der Waals surface area contributed by atoms with Gasteiger partial charge in [0.05, 0.1) is 0 Å². The van der Waals surface area contributed by atoms with Crippen molar-refractivity contribution in [3.63, 3.8) is 0 Å². The molecule has 0 bridgehead atoms. The lowest BCUT2D eigenvalue weighted by Gasteiger charge is -2.43. The molecule has 0 N–H and O–H groups in total. The summed E-state index contributed by atoms with van der Waals surface area (Å²) in [7, 11) is 3.47. The summed E-state index contributed by atoms with van der Waals surface area (Å²) in [4.78, 5) is 20.4. The van der Waals surface area contributed by atoms with Crippen LogP contribution in [-0.2, 0) is 5.54 Å². The molecule has 0 spiro atoms. The van der Waals surface area contributed by atoms with Gasteiger partial charge in [-0.25, -0.2) is 9.18 Å². The minimum atomic E-state index is -0.610. The number of hydrogen-bond acceptors (Lipinski definition) is 4. The van der Waals surface area contributed by atoms with Gasteiger partial charge in [0, 0.05) is 26.2 Å². The number of hydrogen-bond donors (Lipinski definition) is 0. The van der Waals surface area contributed by atoms with E-state index < -0.39 is 5.54 Å². The van der Waals surface area contributed by atoms with Crippen LogP contribution in [0.5, 0.6) is 0 Å². The first-order valence-corrected chi connectivity index (χ1v) is 8.01. The number of benzene rings is 1. The van der Waals surface area contributed by atoms with Crippen molar-refractivity contribution >= 4 is 6.03 Å². The fraction of sp³-hybridized carbons (Fsp3) is 0.471. The van der Waals surface area contributed by atoms with Crippen LogP contribution >= 0.6 is 0 Å². The van der Waals surface area contributed by atoms with Crippen molar-refractivity contribution in [2.24, 2.45) is 0 Å². The number of carbonyl (C=O) groups is 1. The first-order valence-electron chi connectivity index (χ1n) is 8.01. The molecule has 7 heteroatoms. The van der Waals surface area contributed by atoms with Crippen LogP contribution in [0, 0.1) is 5.82 Å². The summed E-state index contributed by atoms with van der Waals surface area (Å²) in [5.41, 5.74) is 0.0431. The summed E-state index contributed by atoms with van der Waals surface area (Å²) >= 11 is 0. The van der Waals surface area contributed by atoms with E-state index in [-0.39, 0.29) is 11.8 Å². The third-order valence-corrected chi connectivity index (χ3v) is 4.50. The monoisotopic (exact) mass is 332 g/mol. The SMILES string of the molecule is CN(C)C(=O)N1CCCCC1(C)c1noc(-c2ccc(F)cc2)n1. The predicted octanol–water partition coefficient (Wildman–Crippen LogP) is 3.26. The Bertz CT molecular complexity index is 728. The molecule has 0 aliphatic carbocycles. The highest BCUT2D eigenvalue weighted by Crippen LogP contribution is 2.37. The highest BCUT2D eigenvalue weighted by atomic mass is 19.1. The van der Waals surface area contributed by atoms with Crippen LogP contribution in [0.4, 0.5) is 9.18 Å². The summed E-state index contributed by atoms with van der Waals surface area (Å²) in [6, 6.07) is 5.83. The summed E-state index contributed by atoms with van der Waals surface area (Å²) < 4.78 is 18.4. The Morgan fingerprint density at radius 3 is 2.67 bits per heavy atom. The van der Waals surface area contributed by atoms with Crippen molar-refractivity contribution in [3.8, 4) is 11.5 Å². The lowest BCUT2D eigenvalue weighted by molar-refractivity contribution is 0.0648. The Labute approximate surface area is 140 Å². The van der Waals surface area contributed by atoms with Gasteiger partial charge in [0.25, 0.3) is 5.89 Å². The standard InChI is InChI=1S/C17H21FN4O2/c1-17(10-4-5-11-22(17)16(23)21(2)3)15-19-14(24-20-15)12-6-8-13(18)9-7-12/h6-9H,4-5,10-11H2,1-3H3. The molecule has 1 aliphatic heterocycles. The largest absolute Gasteiger partial charge is 0.334 e. The zero-order chi connectivity index (χ0) is 17.3. The van der Waals surface area contributed by atoms with E-state index in [2.05, 4.69) is 10.1 Å². The third kappa shape index (κ3) is 2.86. The quantitative estimate of drug-likeness (QED) is 0.847. The third-order valence-electron chi connectivity index (χ3n) is 4.50. The van der Waals surface area contributed by atoms with E-state index in [1.807, 2.05) is 6.92 Å². The molecular formula is C17H21FN4O2. The van der Waals surface area contributed by atoms with Crippen molar-refractivity contribution in [2.45, 2.75) is 31.7 Å². The summed E-state index contributed by atoms with van der Waals surface area (Å²) in [6.45, 7) is 2.63. The van der Waals surface area contributed by atoms with E-state index in [4.69, 9.17) is 4.52 Å². The maximum Gasteiger partial charge on any atom is 0.320 e. The Morgan fingerprint density at radius 1 is 1.29 bits per heavy atom. The second-order valence-corrected chi connectivity index (χ2v) is 6.49. The number of carbonyl (C=O) groups excluding carboxylic acids is 1. The summed E-state index contributed by atoms with van der Waals surface area (Å²) in [5, 5.41) is 4.11. The number of rotatable bonds is 2. The first kappa shape index (κ1) is 16.4. The van der Waals surface area contributed by atoms with E-state index in [1.54, 1.807) is 36.0 Å². The van der Waals surface area contributed by atoms with Crippen molar-refractivity contribution < 1.29 is 13.7 Å². The van der Waals surface area contributed by atoms with Crippen molar-refractivity contribution in [1.82, 2.24) is 19.9 Å². The lowest BCUT2D eigenvalue weighted by Crippen LogP contribution is -2.54. The zero-order valence-corrected chi connectivity index (χ0v) is 14.1. The first-order chi connectivity index (χ1) is 11.4. The minimum absolute atomic E-state index is 0.0645. The molecule has 128 valence electrons. The highest BCUT2D eigenvalue weighted by Gasteiger charge is 2.43. The molecule has 2 amide bonds. The number of amides is 2. The second-order valence-electron chi connectivity index (χ2n) is 6.49. The van der Waals surface area contributed by atoms with Crippen LogP contribution < -0.4 is 0 Å². The van der Waals surface area contributed by atoms with Crippen molar-refractivity contribution in [3.05, 3.63) is 35.9 Å². The van der Waals surface area contributed by atoms with E-state index in [1.165, 1.54) is 12.1 Å². The molecule has 0 saturated carbocycles. The van der Waals surface area contributed by atoms with E-state index in [9.17, 15) is 9.18 Å². The molecule has 24 heavy (non-hydrogen) atoms. The highest BCUT2D eigenvalue weighted by molar-refractivity contribution is 5.75. The smallest absolute Gasteiger partial charge is 0.320 e. The van der Waals surface area contributed by atoms with Gasteiger partial charge in [0.15, 0.2) is 5.82 Å². The Balaban J connectivity index is 1.94. The van der Waals surface area contributed by atoms with Gasteiger partial charge in [0.2, 0.25) is 0 Å². The fourth-order valence-electron chi connectivity index (χ4n) is 3.05. The molecule has 6 nitrogen and oxygen atoms in total. The van der Waals surface area contributed by atoms with E-state index in [0.717, 1.165) is 19.3 Å². The molecule has 1 unspecified atom stereocenters. The van der Waals surface area contributed by atoms with Crippen molar-refractivity contribution in [2.75, 3.05) is 20.6 Å². The number of urea groups is 1. The average Bonchev–Trinajstić information content (AvgIpc) is 3.06. The van der Waals surface area contributed by atoms with Crippen LogP contribution in [0.1, 0.15) is 32.0 Å². The van der Waals surface area contributed by atoms with Gasteiger partial charge in [-0.1, -0.05) is 5.16 Å². The number of halogens is 1. The van der Waals surface area contributed by atoms with Gasteiger partial charge in [-0.3, -0.25) is 0 Å². The molecule has 1 aromatic heterocycles. The normalized spacial score (nSPS) is 20.9. The van der Waals surface area contributed by atoms with Gasteiger partial charge in [-0.05, 0) is 50.5 Å². The zero-order valence-electron chi connectivity index (χ0n) is 14.1. The number of piperidine rings is 1. The maximum absolute atomic E-state index is 13.1. The summed E-state index contributed by atoms with van der Waals surface area (Å²) in [6.07, 6.45) is 2.72. The van der Waals surface area contributed by atoms with E-state index in [0.29, 0.717) is 23.8 Å². The Morgan fingerprint density at radius 2 is 2.00 bits per heavy atom. The Kier molecular flexibility index (Phi) is 4.26. The number of nitrogens with zero attached hydrogens (tertiary/aromatic N) is 4. The minimum Gasteiger partial charge on any atom is -0.334 e. The number of likely N-dealkylation sites (tertiary alicyclic amines) is 1. The lowest BCUT2D eigenvalue weighted by atomic mass is 9.88. The van der Waals surface area contributed by atoms with Crippen LogP contribution in [0.3, 0.4) is 0 Å². The van der Waals surface area contributed by atoms with Gasteiger partial charge in [0.1, 0.15) is 11.4 Å². The Hall–Kier alpha value is -2.44.